The third-order valence-corrected chi connectivity index (χ3v) is 2.78. The molecule has 26 heavy (non-hydrogen) atoms. The lowest BCUT2D eigenvalue weighted by Crippen LogP contribution is -2.11. The van der Waals surface area contributed by atoms with Crippen molar-refractivity contribution in [2.24, 2.45) is 0 Å². The topological polar surface area (TPSA) is 131 Å². The maximum atomic E-state index is 11.2. The molecule has 2 aromatic rings. The molecule has 2 N–H and O–H groups in total. The zero-order chi connectivity index (χ0) is 19.0. The van der Waals surface area contributed by atoms with Gasteiger partial charge < -0.3 is 14.9 Å². The van der Waals surface area contributed by atoms with Crippen LogP contribution in [-0.2, 0) is 4.79 Å². The van der Waals surface area contributed by atoms with Gasteiger partial charge in [0.1, 0.15) is 5.56 Å². The molecule has 0 aliphatic carbocycles. The normalized spacial score (nSPS) is 9.00. The summed E-state index contributed by atoms with van der Waals surface area (Å²) < 4.78 is 4.76. The molecule has 0 unspecified atom stereocenters. The Morgan fingerprint density at radius 2 is 1.54 bits per heavy atom. The number of esters is 1. The Kier molecular flexibility index (Phi) is 9.52. The number of carbonyl (C=O) groups excluding carboxylic acids is 2. The zero-order valence-corrected chi connectivity index (χ0v) is 15.2. The number of hydrogen-bond donors (Lipinski definition) is 2. The van der Waals surface area contributed by atoms with Crippen LogP contribution in [0, 0.1) is 0 Å². The predicted molar refractivity (Wildman–Crippen MR) is 91.7 cm³/mol. The average molecular weight is 372 g/mol. The van der Waals surface area contributed by atoms with E-state index in [1.165, 1.54) is 43.6 Å². The molecule has 1 heterocycles. The van der Waals surface area contributed by atoms with E-state index in [9.17, 15) is 19.2 Å². The first-order valence-electron chi connectivity index (χ1n) is 6.93. The summed E-state index contributed by atoms with van der Waals surface area (Å²) in [5.41, 5.74) is 0.0931. The first kappa shape index (κ1) is 23.0. The quantitative estimate of drug-likeness (QED) is 0.360. The fraction of sp³-hybridized carbons (Fsp3) is 0.118. The third-order valence-electron chi connectivity index (χ3n) is 2.78. The highest BCUT2D eigenvalue weighted by atomic mass is 27.0. The summed E-state index contributed by atoms with van der Waals surface area (Å²) in [6.07, 6.45) is 2.84. The number of aromatic nitrogens is 1. The van der Waals surface area contributed by atoms with Crippen LogP contribution in [0.4, 0.5) is 0 Å². The van der Waals surface area contributed by atoms with Gasteiger partial charge in [-0.2, -0.15) is 0 Å². The lowest BCUT2D eigenvalue weighted by Gasteiger charge is -2.09. The molecule has 0 atom stereocenters. The zero-order valence-electron chi connectivity index (χ0n) is 14.0. The van der Waals surface area contributed by atoms with Crippen LogP contribution in [0.2, 0.25) is 0 Å². The summed E-state index contributed by atoms with van der Waals surface area (Å²) in [6.45, 7) is 2.41. The molecule has 1 aromatic carbocycles. The van der Waals surface area contributed by atoms with Gasteiger partial charge in [-0.05, 0) is 31.2 Å². The molecule has 0 spiro atoms. The van der Waals surface area contributed by atoms with Crippen LogP contribution in [0.1, 0.15) is 44.9 Å². The molecule has 0 saturated heterocycles. The predicted octanol–water partition coefficient (Wildman–Crippen LogP) is 1.91. The maximum Gasteiger partial charge on any atom is 0.339 e. The first-order chi connectivity index (χ1) is 11.7. The standard InChI is InChI=1S/C11H10O5.C6H5NO2.Al/c1-6(12)8-4-3-5-9(11(14)15)10(8)16-7(2)13;8-6(9)5-2-1-3-7-4-5;/h3-5H,1-2H3,(H,14,15);1-4H,(H,8,9);. The van der Waals surface area contributed by atoms with Gasteiger partial charge in [0.05, 0.1) is 11.1 Å². The fourth-order valence-electron chi connectivity index (χ4n) is 1.73. The Bertz CT molecular complexity index is 774. The van der Waals surface area contributed by atoms with Gasteiger partial charge in [-0.25, -0.2) is 9.59 Å². The third kappa shape index (κ3) is 6.85. The second kappa shape index (κ2) is 10.8. The molecule has 0 aliphatic rings. The molecular weight excluding hydrogens is 357 g/mol. The Balaban J connectivity index is 0.000000532. The van der Waals surface area contributed by atoms with Crippen molar-refractivity contribution in [3.63, 3.8) is 0 Å². The number of para-hydroxylation sites is 1. The highest BCUT2D eigenvalue weighted by Gasteiger charge is 2.19. The second-order valence-corrected chi connectivity index (χ2v) is 4.68. The Labute approximate surface area is 159 Å². The minimum Gasteiger partial charge on any atom is -0.478 e. The van der Waals surface area contributed by atoms with Gasteiger partial charge in [0.25, 0.3) is 0 Å². The van der Waals surface area contributed by atoms with Gasteiger partial charge in [-0.1, -0.05) is 6.07 Å². The summed E-state index contributed by atoms with van der Waals surface area (Å²) in [5.74, 6) is -3.42. The first-order valence-corrected chi connectivity index (χ1v) is 6.93. The lowest BCUT2D eigenvalue weighted by molar-refractivity contribution is -0.131. The van der Waals surface area contributed by atoms with Gasteiger partial charge >= 0.3 is 17.9 Å². The van der Waals surface area contributed by atoms with E-state index in [1.807, 2.05) is 0 Å². The fourth-order valence-corrected chi connectivity index (χ4v) is 1.73. The second-order valence-electron chi connectivity index (χ2n) is 4.68. The largest absolute Gasteiger partial charge is 0.478 e. The van der Waals surface area contributed by atoms with Crippen LogP contribution in [0.5, 0.6) is 5.75 Å². The maximum absolute atomic E-state index is 11.2. The number of ether oxygens (including phenoxy) is 1. The van der Waals surface area contributed by atoms with Crippen molar-refractivity contribution in [3.8, 4) is 5.75 Å². The van der Waals surface area contributed by atoms with Gasteiger partial charge in [0.15, 0.2) is 11.5 Å². The lowest BCUT2D eigenvalue weighted by atomic mass is 10.1. The van der Waals surface area contributed by atoms with Gasteiger partial charge in [-0.3, -0.25) is 14.6 Å². The number of nitrogens with zero attached hydrogens (tertiary/aromatic N) is 1. The molecule has 0 amide bonds. The molecule has 0 aliphatic heterocycles. The van der Waals surface area contributed by atoms with Crippen molar-refractivity contribution < 1.29 is 34.1 Å². The van der Waals surface area contributed by atoms with E-state index in [0.717, 1.165) is 6.92 Å². The molecule has 0 bridgehead atoms. The highest BCUT2D eigenvalue weighted by Crippen LogP contribution is 2.24. The average Bonchev–Trinajstić information content (AvgIpc) is 2.55. The van der Waals surface area contributed by atoms with Gasteiger partial charge in [0, 0.05) is 36.7 Å². The molecule has 0 saturated carbocycles. The van der Waals surface area contributed by atoms with Crippen molar-refractivity contribution in [3.05, 3.63) is 59.4 Å². The molecule has 2 rings (SSSR count). The molecule has 8 nitrogen and oxygen atoms in total. The van der Waals surface area contributed by atoms with E-state index in [1.54, 1.807) is 6.07 Å². The summed E-state index contributed by atoms with van der Waals surface area (Å²) in [6, 6.07) is 7.19. The van der Waals surface area contributed by atoms with E-state index < -0.39 is 17.9 Å². The summed E-state index contributed by atoms with van der Waals surface area (Å²) in [7, 11) is 0. The number of pyridine rings is 1. The number of carboxylic acid groups (broad SMARTS) is 2. The summed E-state index contributed by atoms with van der Waals surface area (Å²) in [4.78, 5) is 46.7. The summed E-state index contributed by atoms with van der Waals surface area (Å²) in [5, 5.41) is 17.2. The number of aromatic carboxylic acids is 2. The monoisotopic (exact) mass is 372 g/mol. The number of carboxylic acids is 2. The number of hydrogen-bond acceptors (Lipinski definition) is 6. The van der Waals surface area contributed by atoms with Gasteiger partial charge in [-0.15, -0.1) is 0 Å². The van der Waals surface area contributed by atoms with E-state index >= 15 is 0 Å². The molecule has 3 radical (unpaired) electrons. The summed E-state index contributed by atoms with van der Waals surface area (Å²) >= 11 is 0. The van der Waals surface area contributed by atoms with E-state index in [-0.39, 0.29) is 45.6 Å². The Morgan fingerprint density at radius 3 is 1.92 bits per heavy atom. The Morgan fingerprint density at radius 1 is 0.923 bits per heavy atom. The molecule has 1 aromatic heterocycles. The smallest absolute Gasteiger partial charge is 0.339 e. The van der Waals surface area contributed by atoms with Crippen molar-refractivity contribution in [2.45, 2.75) is 13.8 Å². The number of Topliss-reactive ketones (excluding diaryl/α,β-unsaturated/α-hetero) is 1. The molecule has 9 heteroatoms. The van der Waals surface area contributed by atoms with Crippen molar-refractivity contribution in [1.29, 1.82) is 0 Å². The Hall–Kier alpha value is -3.02. The van der Waals surface area contributed by atoms with Crippen LogP contribution in [0.3, 0.4) is 0 Å². The van der Waals surface area contributed by atoms with Crippen LogP contribution >= 0.6 is 0 Å². The molecule has 133 valence electrons. The van der Waals surface area contributed by atoms with E-state index in [4.69, 9.17) is 14.9 Å². The highest BCUT2D eigenvalue weighted by molar-refractivity contribution is 6.02. The van der Waals surface area contributed by atoms with E-state index in [0.29, 0.717) is 0 Å². The van der Waals surface area contributed by atoms with E-state index in [2.05, 4.69) is 4.98 Å². The van der Waals surface area contributed by atoms with Crippen molar-refractivity contribution in [1.82, 2.24) is 4.98 Å². The van der Waals surface area contributed by atoms with Crippen LogP contribution < -0.4 is 4.74 Å². The number of ketones is 1. The van der Waals surface area contributed by atoms with Crippen molar-refractivity contribution in [2.75, 3.05) is 0 Å². The minimum atomic E-state index is -1.25. The van der Waals surface area contributed by atoms with Gasteiger partial charge in [0.2, 0.25) is 0 Å². The number of carbonyl (C=O) groups is 4. The van der Waals surface area contributed by atoms with Crippen LogP contribution in [0.15, 0.2) is 42.7 Å². The number of benzene rings is 1. The SMILES string of the molecule is CC(=O)Oc1c(C(C)=O)cccc1C(=O)O.O=C(O)c1cccnc1.[Al]. The van der Waals surface area contributed by atoms with Crippen LogP contribution in [-0.4, -0.2) is 56.2 Å². The minimum absolute atomic E-state index is 0. The molecule has 0 fully saturated rings. The number of rotatable bonds is 4. The molecular formula is C17H15AlNO7. The van der Waals surface area contributed by atoms with Crippen LogP contribution in [0.25, 0.3) is 0 Å². The van der Waals surface area contributed by atoms with Crippen molar-refractivity contribution >= 4 is 41.1 Å².